The number of nitrogens with zero attached hydrogens (tertiary/aromatic N) is 1. The van der Waals surface area contributed by atoms with Crippen molar-refractivity contribution in [1.29, 1.82) is 0 Å². The van der Waals surface area contributed by atoms with Crippen LogP contribution in [0.3, 0.4) is 0 Å². The topological polar surface area (TPSA) is 12.4 Å². The van der Waals surface area contributed by atoms with Gasteiger partial charge in [-0.15, -0.1) is 0 Å². The Labute approximate surface area is 75.5 Å². The Morgan fingerprint density at radius 2 is 2.25 bits per heavy atom. The number of rotatable bonds is 1. The largest absolute Gasteiger partial charge is 0.194 e. The monoisotopic (exact) mass is 171 g/mol. The minimum absolute atomic E-state index is 0.985. The predicted octanol–water partition coefficient (Wildman–Crippen LogP) is 2.55. The summed E-state index contributed by atoms with van der Waals surface area (Å²) in [7, 11) is 0. The van der Waals surface area contributed by atoms with Gasteiger partial charge < -0.3 is 0 Å². The van der Waals surface area contributed by atoms with Crippen molar-refractivity contribution in [1.82, 2.24) is 0 Å². The van der Waals surface area contributed by atoms with E-state index in [4.69, 9.17) is 0 Å². The summed E-state index contributed by atoms with van der Waals surface area (Å²) >= 11 is 4.58. The summed E-state index contributed by atoms with van der Waals surface area (Å²) in [5.74, 6) is 0. The number of isothiocyanates is 1. The molecule has 0 aromatic carbocycles. The first-order chi connectivity index (χ1) is 5.88. The standard InChI is InChI=1S/C10H5NS/c12-5-11-10-4-7-1-6-2-8(7)9(10)3-6/h2-4H,1H2. The molecule has 0 saturated heterocycles. The van der Waals surface area contributed by atoms with Gasteiger partial charge >= 0.3 is 0 Å². The molecule has 0 aliphatic heterocycles. The fourth-order valence-corrected chi connectivity index (χ4v) is 2.07. The van der Waals surface area contributed by atoms with Crippen LogP contribution < -0.4 is 0 Å². The van der Waals surface area contributed by atoms with Crippen molar-refractivity contribution in [2.45, 2.75) is 6.42 Å². The van der Waals surface area contributed by atoms with Crippen LogP contribution in [0.1, 0.15) is 6.42 Å². The SMILES string of the molecule is S=C=NC1=CC2=C3C=C(C=C13)C2. The van der Waals surface area contributed by atoms with Gasteiger partial charge in [-0.3, -0.25) is 0 Å². The third kappa shape index (κ3) is 0.596. The minimum Gasteiger partial charge on any atom is -0.194 e. The Hall–Kier alpha value is -1.24. The van der Waals surface area contributed by atoms with Crippen molar-refractivity contribution in [3.63, 3.8) is 0 Å². The predicted molar refractivity (Wildman–Crippen MR) is 50.9 cm³/mol. The molecule has 3 rings (SSSR count). The molecule has 0 aromatic heterocycles. The average molecular weight is 171 g/mol. The van der Waals surface area contributed by atoms with E-state index in [1.165, 1.54) is 22.3 Å². The smallest absolute Gasteiger partial charge is 0.0821 e. The minimum atomic E-state index is 0.985. The molecule has 0 spiro atoms. The first-order valence-electron chi connectivity index (χ1n) is 3.84. The normalized spacial score (nSPS) is 22.2. The van der Waals surface area contributed by atoms with E-state index in [0.717, 1.165) is 12.1 Å². The van der Waals surface area contributed by atoms with Gasteiger partial charge in [0, 0.05) is 5.57 Å². The van der Waals surface area contributed by atoms with E-state index in [1.807, 2.05) is 0 Å². The molecule has 12 heavy (non-hydrogen) atoms. The summed E-state index contributed by atoms with van der Waals surface area (Å²) in [5, 5.41) is 2.41. The van der Waals surface area contributed by atoms with Crippen molar-refractivity contribution in [3.8, 4) is 0 Å². The van der Waals surface area contributed by atoms with Gasteiger partial charge in [0.2, 0.25) is 0 Å². The van der Waals surface area contributed by atoms with Gasteiger partial charge in [-0.05, 0) is 47.5 Å². The Morgan fingerprint density at radius 3 is 2.92 bits per heavy atom. The summed E-state index contributed by atoms with van der Waals surface area (Å²) in [6.07, 6.45) is 7.60. The molecule has 0 radical (unpaired) electrons. The molecular weight excluding hydrogens is 166 g/mol. The van der Waals surface area contributed by atoms with Gasteiger partial charge in [-0.1, -0.05) is 6.08 Å². The zero-order valence-corrected chi connectivity index (χ0v) is 7.11. The highest BCUT2D eigenvalue weighted by Gasteiger charge is 2.30. The zero-order chi connectivity index (χ0) is 8.13. The van der Waals surface area contributed by atoms with Crippen LogP contribution in [0.4, 0.5) is 0 Å². The molecule has 0 atom stereocenters. The second-order valence-electron chi connectivity index (χ2n) is 3.13. The van der Waals surface area contributed by atoms with Gasteiger partial charge in [0.15, 0.2) is 0 Å². The molecular formula is C10H5NS. The third-order valence-electron chi connectivity index (χ3n) is 2.44. The average Bonchev–Trinajstić information content (AvgIpc) is 2.62. The Balaban J connectivity index is 2.19. The van der Waals surface area contributed by atoms with E-state index in [9.17, 15) is 0 Å². The summed E-state index contributed by atoms with van der Waals surface area (Å²) in [4.78, 5) is 4.03. The second-order valence-corrected chi connectivity index (χ2v) is 3.31. The molecule has 3 aliphatic carbocycles. The highest BCUT2D eigenvalue weighted by Crippen LogP contribution is 2.46. The summed E-state index contributed by atoms with van der Waals surface area (Å²) in [6, 6.07) is 0. The number of hydrogen-bond donors (Lipinski definition) is 0. The fourth-order valence-electron chi connectivity index (χ4n) is 1.98. The van der Waals surface area contributed by atoms with Crippen LogP contribution >= 0.6 is 12.2 Å². The lowest BCUT2D eigenvalue weighted by Gasteiger charge is -1.99. The van der Waals surface area contributed by atoms with Gasteiger partial charge in [0.05, 0.1) is 10.9 Å². The van der Waals surface area contributed by atoms with Crippen LogP contribution in [0.15, 0.2) is 51.2 Å². The van der Waals surface area contributed by atoms with E-state index in [0.29, 0.717) is 0 Å². The van der Waals surface area contributed by atoms with E-state index in [1.54, 1.807) is 0 Å². The molecule has 0 heterocycles. The third-order valence-corrected chi connectivity index (χ3v) is 2.53. The molecule has 0 fully saturated rings. The van der Waals surface area contributed by atoms with Crippen LogP contribution in [0.2, 0.25) is 0 Å². The van der Waals surface area contributed by atoms with Crippen LogP contribution in [-0.2, 0) is 0 Å². The van der Waals surface area contributed by atoms with Crippen molar-refractivity contribution < 1.29 is 0 Å². The molecule has 56 valence electrons. The van der Waals surface area contributed by atoms with Crippen molar-refractivity contribution >= 4 is 17.4 Å². The molecule has 0 aromatic rings. The van der Waals surface area contributed by atoms with Crippen LogP contribution in [0.25, 0.3) is 0 Å². The maximum Gasteiger partial charge on any atom is 0.0821 e. The van der Waals surface area contributed by atoms with Gasteiger partial charge in [0.1, 0.15) is 0 Å². The fraction of sp³-hybridized carbons (Fsp3) is 0.100. The van der Waals surface area contributed by atoms with Gasteiger partial charge in [-0.2, -0.15) is 4.99 Å². The van der Waals surface area contributed by atoms with Gasteiger partial charge in [0.25, 0.3) is 0 Å². The number of hydrogen-bond acceptors (Lipinski definition) is 2. The van der Waals surface area contributed by atoms with Gasteiger partial charge in [-0.25, -0.2) is 0 Å². The quantitative estimate of drug-likeness (QED) is 0.436. The van der Waals surface area contributed by atoms with Crippen LogP contribution in [0, 0.1) is 0 Å². The number of aliphatic imine (C=N–C) groups is 1. The van der Waals surface area contributed by atoms with Crippen molar-refractivity contribution in [2.24, 2.45) is 4.99 Å². The molecule has 3 aliphatic rings. The maximum absolute atomic E-state index is 4.58. The number of allylic oxidation sites excluding steroid dienone is 6. The molecule has 1 nitrogen and oxygen atoms in total. The zero-order valence-electron chi connectivity index (χ0n) is 6.29. The second kappa shape index (κ2) is 1.92. The first kappa shape index (κ1) is 6.30. The summed E-state index contributed by atoms with van der Waals surface area (Å²) in [6.45, 7) is 0. The molecule has 0 N–H and O–H groups in total. The molecule has 0 unspecified atom stereocenters. The highest BCUT2D eigenvalue weighted by atomic mass is 32.1. The van der Waals surface area contributed by atoms with Crippen LogP contribution in [-0.4, -0.2) is 5.16 Å². The molecule has 0 saturated carbocycles. The van der Waals surface area contributed by atoms with Crippen molar-refractivity contribution in [3.05, 3.63) is 46.2 Å². The molecule has 0 amide bonds. The Bertz CT molecular complexity index is 454. The van der Waals surface area contributed by atoms with Crippen LogP contribution in [0.5, 0.6) is 0 Å². The number of thiocarbonyl (C=S) groups is 1. The van der Waals surface area contributed by atoms with Crippen molar-refractivity contribution in [2.75, 3.05) is 0 Å². The lowest BCUT2D eigenvalue weighted by atomic mass is 10.1. The summed E-state index contributed by atoms with van der Waals surface area (Å²) < 4.78 is 0. The lowest BCUT2D eigenvalue weighted by Crippen LogP contribution is -1.83. The Kier molecular flexibility index (Phi) is 1.01. The van der Waals surface area contributed by atoms with E-state index in [2.05, 4.69) is 40.6 Å². The van der Waals surface area contributed by atoms with E-state index < -0.39 is 0 Å². The lowest BCUT2D eigenvalue weighted by molar-refractivity contribution is 1.24. The highest BCUT2D eigenvalue weighted by molar-refractivity contribution is 7.78. The Morgan fingerprint density at radius 1 is 1.33 bits per heavy atom. The van der Waals surface area contributed by atoms with E-state index in [-0.39, 0.29) is 0 Å². The molecule has 2 bridgehead atoms. The maximum atomic E-state index is 4.58. The summed E-state index contributed by atoms with van der Waals surface area (Å²) in [5.41, 5.74) is 6.38. The molecule has 2 heteroatoms. The van der Waals surface area contributed by atoms with E-state index >= 15 is 0 Å². The first-order valence-corrected chi connectivity index (χ1v) is 4.25.